The normalized spacial score (nSPS) is 17.3. The highest BCUT2D eigenvalue weighted by Gasteiger charge is 2.51. The van der Waals surface area contributed by atoms with Crippen molar-refractivity contribution in [2.24, 2.45) is 0 Å². The van der Waals surface area contributed by atoms with Crippen molar-refractivity contribution in [1.82, 2.24) is 9.88 Å². The van der Waals surface area contributed by atoms with Crippen LogP contribution in [-0.2, 0) is 10.3 Å². The van der Waals surface area contributed by atoms with Crippen LogP contribution in [0.2, 0.25) is 0 Å². The van der Waals surface area contributed by atoms with Gasteiger partial charge in [-0.2, -0.15) is 0 Å². The summed E-state index contributed by atoms with van der Waals surface area (Å²) in [4.78, 5) is 23.0. The van der Waals surface area contributed by atoms with E-state index in [4.69, 9.17) is 5.11 Å². The van der Waals surface area contributed by atoms with E-state index in [9.17, 15) is 9.59 Å². The first kappa shape index (κ1) is 12.7. The number of carboxylic acids is 1. The number of nitrogens with one attached hydrogen (secondary N) is 1. The van der Waals surface area contributed by atoms with E-state index in [-0.39, 0.29) is 11.4 Å². The van der Waals surface area contributed by atoms with Gasteiger partial charge >= 0.3 is 5.97 Å². The fourth-order valence-corrected chi connectivity index (χ4v) is 1.75. The highest BCUT2D eigenvalue weighted by molar-refractivity contribution is 5.98. The third kappa shape index (κ3) is 2.25. The van der Waals surface area contributed by atoms with E-state index in [2.05, 4.69) is 5.32 Å². The van der Waals surface area contributed by atoms with E-state index >= 15 is 0 Å². The van der Waals surface area contributed by atoms with Gasteiger partial charge in [0.1, 0.15) is 5.54 Å². The molecule has 0 unspecified atom stereocenters. The lowest BCUT2D eigenvalue weighted by molar-refractivity contribution is -0.140. The van der Waals surface area contributed by atoms with Crippen molar-refractivity contribution in [2.45, 2.75) is 44.7 Å². The second-order valence-corrected chi connectivity index (χ2v) is 5.82. The Bertz CT molecular complexity index is 493. The Morgan fingerprint density at radius 2 is 2.00 bits per heavy atom. The average Bonchev–Trinajstić information content (AvgIpc) is 2.85. The molecule has 18 heavy (non-hydrogen) atoms. The Hall–Kier alpha value is -1.78. The summed E-state index contributed by atoms with van der Waals surface area (Å²) in [7, 11) is 0. The van der Waals surface area contributed by atoms with Crippen LogP contribution in [0.1, 0.15) is 44.0 Å². The van der Waals surface area contributed by atoms with Crippen molar-refractivity contribution in [3.8, 4) is 0 Å². The van der Waals surface area contributed by atoms with Gasteiger partial charge in [0.25, 0.3) is 5.91 Å². The van der Waals surface area contributed by atoms with Crippen LogP contribution in [0.4, 0.5) is 0 Å². The van der Waals surface area contributed by atoms with E-state index in [1.54, 1.807) is 12.3 Å². The minimum absolute atomic E-state index is 0.0946. The SMILES string of the molecule is CC(C)(C)n1ccc(C(=O)NC2(C(=O)O)CC2)c1. The number of nitrogens with zero attached hydrogens (tertiary/aromatic N) is 1. The predicted molar refractivity (Wildman–Crippen MR) is 66.5 cm³/mol. The van der Waals surface area contributed by atoms with Gasteiger partial charge in [-0.3, -0.25) is 4.79 Å². The molecule has 0 saturated heterocycles. The van der Waals surface area contributed by atoms with Gasteiger partial charge in [-0.05, 0) is 39.7 Å². The number of carboxylic acid groups (broad SMARTS) is 1. The van der Waals surface area contributed by atoms with Crippen LogP contribution >= 0.6 is 0 Å². The molecule has 1 aliphatic carbocycles. The lowest BCUT2D eigenvalue weighted by Gasteiger charge is -2.20. The molecule has 0 aromatic carbocycles. The lowest BCUT2D eigenvalue weighted by atomic mass is 10.1. The van der Waals surface area contributed by atoms with Gasteiger partial charge in [0, 0.05) is 17.9 Å². The summed E-state index contributed by atoms with van der Waals surface area (Å²) in [5, 5.41) is 11.6. The topological polar surface area (TPSA) is 71.3 Å². The number of rotatable bonds is 3. The highest BCUT2D eigenvalue weighted by Crippen LogP contribution is 2.35. The van der Waals surface area contributed by atoms with Crippen molar-refractivity contribution in [2.75, 3.05) is 0 Å². The third-order valence-corrected chi connectivity index (χ3v) is 3.24. The zero-order valence-corrected chi connectivity index (χ0v) is 10.9. The number of aromatic nitrogens is 1. The molecule has 2 N–H and O–H groups in total. The van der Waals surface area contributed by atoms with E-state index < -0.39 is 11.5 Å². The summed E-state index contributed by atoms with van der Waals surface area (Å²) >= 11 is 0. The molecule has 1 amide bonds. The van der Waals surface area contributed by atoms with Crippen LogP contribution in [0.3, 0.4) is 0 Å². The van der Waals surface area contributed by atoms with Gasteiger partial charge in [0.2, 0.25) is 0 Å². The maximum atomic E-state index is 12.0. The number of amides is 1. The molecule has 0 spiro atoms. The summed E-state index contributed by atoms with van der Waals surface area (Å²) in [5.41, 5.74) is -0.624. The van der Waals surface area contributed by atoms with Gasteiger partial charge in [-0.15, -0.1) is 0 Å². The van der Waals surface area contributed by atoms with Gasteiger partial charge in [0.15, 0.2) is 0 Å². The molecule has 1 fully saturated rings. The van der Waals surface area contributed by atoms with E-state index in [0.717, 1.165) is 0 Å². The van der Waals surface area contributed by atoms with Crippen LogP contribution in [0.5, 0.6) is 0 Å². The number of carbonyl (C=O) groups excluding carboxylic acids is 1. The predicted octanol–water partition coefficient (Wildman–Crippen LogP) is 1.59. The van der Waals surface area contributed by atoms with Gasteiger partial charge in [0.05, 0.1) is 5.56 Å². The molecule has 1 aliphatic rings. The van der Waals surface area contributed by atoms with Gasteiger partial charge in [-0.25, -0.2) is 4.79 Å². The first-order valence-corrected chi connectivity index (χ1v) is 5.99. The molecule has 2 rings (SSSR count). The summed E-state index contributed by atoms with van der Waals surface area (Å²) in [6.45, 7) is 6.11. The number of aliphatic carboxylic acids is 1. The van der Waals surface area contributed by atoms with Crippen LogP contribution in [0.25, 0.3) is 0 Å². The highest BCUT2D eigenvalue weighted by atomic mass is 16.4. The zero-order chi connectivity index (χ0) is 13.6. The number of carbonyl (C=O) groups is 2. The van der Waals surface area contributed by atoms with Crippen molar-refractivity contribution < 1.29 is 14.7 Å². The molecular weight excluding hydrogens is 232 g/mol. The van der Waals surface area contributed by atoms with Gasteiger partial charge < -0.3 is 15.0 Å². The Morgan fingerprint density at radius 3 is 2.39 bits per heavy atom. The van der Waals surface area contributed by atoms with Crippen molar-refractivity contribution in [3.63, 3.8) is 0 Å². The first-order chi connectivity index (χ1) is 8.24. The Kier molecular flexibility index (Phi) is 2.72. The maximum Gasteiger partial charge on any atom is 0.329 e. The molecule has 0 aliphatic heterocycles. The summed E-state index contributed by atoms with van der Waals surface area (Å²) in [5.74, 6) is -1.27. The second-order valence-electron chi connectivity index (χ2n) is 5.82. The Balaban J connectivity index is 2.11. The van der Waals surface area contributed by atoms with E-state index in [1.807, 2.05) is 31.5 Å². The monoisotopic (exact) mass is 250 g/mol. The second kappa shape index (κ2) is 3.86. The first-order valence-electron chi connectivity index (χ1n) is 5.99. The van der Waals surface area contributed by atoms with Crippen LogP contribution in [0, 0.1) is 0 Å². The van der Waals surface area contributed by atoms with Crippen LogP contribution in [0.15, 0.2) is 18.5 Å². The minimum Gasteiger partial charge on any atom is -0.480 e. The molecule has 5 heteroatoms. The maximum absolute atomic E-state index is 12.0. The Labute approximate surface area is 106 Å². The largest absolute Gasteiger partial charge is 0.480 e. The zero-order valence-electron chi connectivity index (χ0n) is 10.9. The van der Waals surface area contributed by atoms with Crippen molar-refractivity contribution in [3.05, 3.63) is 24.0 Å². The molecule has 5 nitrogen and oxygen atoms in total. The summed E-state index contributed by atoms with van der Waals surface area (Å²) in [6.07, 6.45) is 4.59. The van der Waals surface area contributed by atoms with E-state index in [0.29, 0.717) is 18.4 Å². The van der Waals surface area contributed by atoms with Crippen LogP contribution < -0.4 is 5.32 Å². The molecule has 1 saturated carbocycles. The quantitative estimate of drug-likeness (QED) is 0.855. The summed E-state index contributed by atoms with van der Waals surface area (Å²) in [6, 6.07) is 1.71. The molecule has 98 valence electrons. The smallest absolute Gasteiger partial charge is 0.329 e. The van der Waals surface area contributed by atoms with Crippen molar-refractivity contribution in [1.29, 1.82) is 0 Å². The Morgan fingerprint density at radius 1 is 1.39 bits per heavy atom. The van der Waals surface area contributed by atoms with Crippen molar-refractivity contribution >= 4 is 11.9 Å². The lowest BCUT2D eigenvalue weighted by Crippen LogP contribution is -2.42. The molecule has 1 heterocycles. The van der Waals surface area contributed by atoms with Crippen LogP contribution in [-0.4, -0.2) is 27.1 Å². The standard InChI is InChI=1S/C13H18N2O3/c1-12(2,3)15-7-4-9(8-15)10(16)14-13(5-6-13)11(17)18/h4,7-8H,5-6H2,1-3H3,(H,14,16)(H,17,18). The fourth-order valence-electron chi connectivity index (χ4n) is 1.75. The number of hydrogen-bond acceptors (Lipinski definition) is 2. The molecule has 0 atom stereocenters. The van der Waals surface area contributed by atoms with Gasteiger partial charge in [-0.1, -0.05) is 0 Å². The average molecular weight is 250 g/mol. The molecule has 1 aromatic rings. The molecule has 0 radical (unpaired) electrons. The number of hydrogen-bond donors (Lipinski definition) is 2. The molecule has 1 aromatic heterocycles. The van der Waals surface area contributed by atoms with E-state index in [1.165, 1.54) is 0 Å². The fraction of sp³-hybridized carbons (Fsp3) is 0.538. The minimum atomic E-state index is -1.03. The summed E-state index contributed by atoms with van der Waals surface area (Å²) < 4.78 is 1.93. The molecular formula is C13H18N2O3. The molecule has 0 bridgehead atoms. The third-order valence-electron chi connectivity index (χ3n) is 3.24.